The van der Waals surface area contributed by atoms with Gasteiger partial charge in [-0.15, -0.1) is 0 Å². The van der Waals surface area contributed by atoms with Crippen LogP contribution in [-0.2, 0) is 22.1 Å². The first-order valence-corrected chi connectivity index (χ1v) is 10.6. The second-order valence-electron chi connectivity index (χ2n) is 8.61. The Labute approximate surface area is 201 Å². The number of halogens is 3. The van der Waals surface area contributed by atoms with E-state index < -0.39 is 23.4 Å². The fourth-order valence-corrected chi connectivity index (χ4v) is 3.42. The Morgan fingerprint density at radius 1 is 1.00 bits per heavy atom. The number of benzene rings is 3. The van der Waals surface area contributed by atoms with Gasteiger partial charge in [0.05, 0.1) is 0 Å². The monoisotopic (exact) mass is 481 g/mol. The molecule has 0 fully saturated rings. The van der Waals surface area contributed by atoms with Crippen molar-refractivity contribution in [2.75, 3.05) is 0 Å². The van der Waals surface area contributed by atoms with E-state index in [1.54, 1.807) is 20.8 Å². The molecule has 3 rings (SSSR count). The molecule has 0 radical (unpaired) electrons. The van der Waals surface area contributed by atoms with Crippen LogP contribution < -0.4 is 10.6 Å². The van der Waals surface area contributed by atoms with Gasteiger partial charge in [-0.2, -0.15) is 13.2 Å². The van der Waals surface area contributed by atoms with Gasteiger partial charge in [-0.1, -0.05) is 0 Å². The van der Waals surface area contributed by atoms with Crippen LogP contribution in [0.25, 0.3) is 21.9 Å². The molecule has 0 saturated heterocycles. The molecule has 0 aliphatic rings. The number of fused-ring (bicyclic) bond motifs is 1. The van der Waals surface area contributed by atoms with Crippen LogP contribution >= 0.6 is 0 Å². The minimum atomic E-state index is -4.40. The molecule has 180 valence electrons. The molecule has 0 aliphatic heterocycles. The molecule has 0 aliphatic carbocycles. The number of ether oxygens (including phenoxy) is 1. The molecule has 2 N–H and O–H groups in total. The van der Waals surface area contributed by atoms with Crippen molar-refractivity contribution in [3.63, 3.8) is 0 Å². The van der Waals surface area contributed by atoms with E-state index in [-0.39, 0.29) is 12.3 Å². The number of alkyl halides is 3. The van der Waals surface area contributed by atoms with E-state index in [9.17, 15) is 18.0 Å². The van der Waals surface area contributed by atoms with Crippen molar-refractivity contribution < 1.29 is 27.4 Å². The first kappa shape index (κ1) is 25.6. The van der Waals surface area contributed by atoms with Gasteiger partial charge in [-0.25, -0.2) is 0 Å². The molecule has 3 aromatic rings. The van der Waals surface area contributed by atoms with Crippen LogP contribution in [0.1, 0.15) is 31.9 Å². The first-order valence-electron chi connectivity index (χ1n) is 10.6. The zero-order chi connectivity index (χ0) is 25.6. The van der Waals surface area contributed by atoms with E-state index in [0.717, 1.165) is 41.2 Å². The molecule has 0 heterocycles. The number of nitrogens with one attached hydrogen (secondary N) is 2. The SMILES string of the molecule is CC(C)(C)OC(=O)NC(=BOC#N)NCc1cccc2c(-c3ccc(C(F)(F)F)cc3)cccc12. The quantitative estimate of drug-likeness (QED) is 0.367. The molecule has 3 aromatic carbocycles. The Bertz CT molecular complexity index is 1280. The number of carbonyl (C=O) groups is 1. The summed E-state index contributed by atoms with van der Waals surface area (Å²) >= 11 is 0. The fraction of sp³-hybridized carbons (Fsp3) is 0.240. The normalized spacial score (nSPS) is 11.9. The van der Waals surface area contributed by atoms with Crippen molar-refractivity contribution >= 4 is 29.7 Å². The molecule has 0 spiro atoms. The Morgan fingerprint density at radius 3 is 2.29 bits per heavy atom. The van der Waals surface area contributed by atoms with Crippen LogP contribution in [0.15, 0.2) is 60.7 Å². The fourth-order valence-electron chi connectivity index (χ4n) is 3.42. The Balaban J connectivity index is 1.86. The third-order valence-electron chi connectivity index (χ3n) is 4.87. The van der Waals surface area contributed by atoms with Gasteiger partial charge in [-0.05, 0) is 0 Å². The summed E-state index contributed by atoms with van der Waals surface area (Å²) in [5.41, 5.74) is 0.997. The summed E-state index contributed by atoms with van der Waals surface area (Å²) < 4.78 is 48.7. The maximum absolute atomic E-state index is 12.9. The van der Waals surface area contributed by atoms with E-state index in [4.69, 9.17) is 10.00 Å². The summed E-state index contributed by atoms with van der Waals surface area (Å²) in [5, 5.41) is 15.9. The van der Waals surface area contributed by atoms with Crippen LogP contribution in [0, 0.1) is 11.5 Å². The molecular formula is C25H23BF3N3O3. The van der Waals surface area contributed by atoms with Gasteiger partial charge in [0, 0.05) is 0 Å². The molecule has 6 nitrogen and oxygen atoms in total. The second-order valence-corrected chi connectivity index (χ2v) is 8.61. The molecular weight excluding hydrogens is 458 g/mol. The van der Waals surface area contributed by atoms with Gasteiger partial charge in [0.15, 0.2) is 0 Å². The van der Waals surface area contributed by atoms with Crippen molar-refractivity contribution in [1.82, 2.24) is 10.6 Å². The zero-order valence-electron chi connectivity index (χ0n) is 19.4. The summed E-state index contributed by atoms with van der Waals surface area (Å²) in [5.74, 6) is 0. The zero-order valence-corrected chi connectivity index (χ0v) is 19.4. The number of amides is 1. The molecule has 10 heteroatoms. The standard InChI is InChI=1S/C25H23BF3N3O3/c1-24(2,3)35-23(33)32-22(26-34-15-30)31-14-17-6-4-9-21-19(7-5-8-20(17)21)16-10-12-18(13-11-16)25(27,28)29/h4-13,31H,14H2,1-3H3,(H,32,33). The van der Waals surface area contributed by atoms with Gasteiger partial charge < -0.3 is 0 Å². The predicted octanol–water partition coefficient (Wildman–Crippen LogP) is 5.34. The Hall–Kier alpha value is -4.00. The Morgan fingerprint density at radius 2 is 1.66 bits per heavy atom. The summed E-state index contributed by atoms with van der Waals surface area (Å²) in [6.45, 7) is 5.42. The Kier molecular flexibility index (Phi) is 7.70. The average Bonchev–Trinajstić information content (AvgIpc) is 2.78. The van der Waals surface area contributed by atoms with Gasteiger partial charge >= 0.3 is 188 Å². The second kappa shape index (κ2) is 10.5. The molecule has 1 amide bonds. The van der Waals surface area contributed by atoms with Crippen LogP contribution in [0.2, 0.25) is 0 Å². The van der Waals surface area contributed by atoms with E-state index in [1.807, 2.05) is 36.4 Å². The van der Waals surface area contributed by atoms with Crippen molar-refractivity contribution in [3.8, 4) is 17.4 Å². The number of alkyl carbamates (subject to hydrolysis) is 1. The topological polar surface area (TPSA) is 83.4 Å². The summed E-state index contributed by atoms with van der Waals surface area (Å²) in [6, 6.07) is 16.2. The number of nitriles is 1. The molecule has 35 heavy (non-hydrogen) atoms. The van der Waals surface area contributed by atoms with Crippen molar-refractivity contribution in [3.05, 3.63) is 71.8 Å². The molecule has 0 atom stereocenters. The van der Waals surface area contributed by atoms with Gasteiger partial charge in [0.1, 0.15) is 0 Å². The number of hydrogen-bond acceptors (Lipinski definition) is 5. The van der Waals surface area contributed by atoms with Crippen molar-refractivity contribution in [1.29, 1.82) is 5.26 Å². The van der Waals surface area contributed by atoms with E-state index in [0.29, 0.717) is 5.56 Å². The third-order valence-corrected chi connectivity index (χ3v) is 4.87. The number of carbonyl (C=O) groups excluding carboxylic acids is 1. The molecule has 0 saturated carbocycles. The number of hydrogen-bond donors (Lipinski definition) is 2. The van der Waals surface area contributed by atoms with Crippen LogP contribution in [-0.4, -0.2) is 24.5 Å². The van der Waals surface area contributed by atoms with E-state index in [2.05, 4.69) is 15.3 Å². The van der Waals surface area contributed by atoms with E-state index in [1.165, 1.54) is 18.4 Å². The van der Waals surface area contributed by atoms with Crippen LogP contribution in [0.3, 0.4) is 0 Å². The number of nitrogens with zero attached hydrogens (tertiary/aromatic N) is 1. The van der Waals surface area contributed by atoms with Gasteiger partial charge in [-0.3, -0.25) is 0 Å². The summed E-state index contributed by atoms with van der Waals surface area (Å²) in [4.78, 5) is 12.1. The molecule has 0 aromatic heterocycles. The van der Waals surface area contributed by atoms with Gasteiger partial charge in [0.2, 0.25) is 0 Å². The summed E-state index contributed by atoms with van der Waals surface area (Å²) in [7, 11) is 1.06. The third kappa shape index (κ3) is 6.99. The maximum atomic E-state index is 12.9. The summed E-state index contributed by atoms with van der Waals surface area (Å²) in [6.07, 6.45) is -3.61. The number of rotatable bonds is 6. The van der Waals surface area contributed by atoms with Crippen molar-refractivity contribution in [2.24, 2.45) is 0 Å². The molecule has 0 unspecified atom stereocenters. The van der Waals surface area contributed by atoms with E-state index >= 15 is 0 Å². The predicted molar refractivity (Wildman–Crippen MR) is 128 cm³/mol. The minimum absolute atomic E-state index is 0.122. The molecule has 0 bridgehead atoms. The first-order chi connectivity index (χ1) is 16.5. The van der Waals surface area contributed by atoms with Crippen molar-refractivity contribution in [2.45, 2.75) is 39.1 Å². The van der Waals surface area contributed by atoms with Gasteiger partial charge in [0.25, 0.3) is 0 Å². The average molecular weight is 481 g/mol. The van der Waals surface area contributed by atoms with Crippen LogP contribution in [0.5, 0.6) is 0 Å². The van der Waals surface area contributed by atoms with Crippen LogP contribution in [0.4, 0.5) is 18.0 Å².